The molecule has 0 radical (unpaired) electrons. The molecule has 1 fully saturated rings. The summed E-state index contributed by atoms with van der Waals surface area (Å²) in [6.07, 6.45) is 1.94. The molecular weight excluding hydrogens is 280 g/mol. The highest BCUT2D eigenvalue weighted by Gasteiger charge is 2.34. The highest BCUT2D eigenvalue weighted by atomic mass is 16.5. The normalized spacial score (nSPS) is 26.7. The molecule has 0 spiro atoms. The van der Waals surface area contributed by atoms with E-state index in [0.717, 1.165) is 31.6 Å². The molecular formula is C17H20N2O3. The molecule has 116 valence electrons. The zero-order valence-corrected chi connectivity index (χ0v) is 12.4. The predicted octanol–water partition coefficient (Wildman–Crippen LogP) is 1.32. The summed E-state index contributed by atoms with van der Waals surface area (Å²) in [5.74, 6) is 0.427. The Balaban J connectivity index is 1.74. The fourth-order valence-electron chi connectivity index (χ4n) is 3.11. The van der Waals surface area contributed by atoms with Crippen LogP contribution in [-0.2, 0) is 4.74 Å². The Morgan fingerprint density at radius 3 is 2.77 bits per heavy atom. The maximum atomic E-state index is 10.6. The molecule has 1 saturated heterocycles. The van der Waals surface area contributed by atoms with E-state index in [1.165, 1.54) is 0 Å². The Labute approximate surface area is 130 Å². The summed E-state index contributed by atoms with van der Waals surface area (Å²) in [7, 11) is 0. The number of hydrogen-bond donors (Lipinski definition) is 2. The Hall–Kier alpha value is -1.71. The summed E-state index contributed by atoms with van der Waals surface area (Å²) in [4.78, 5) is 1.70. The van der Waals surface area contributed by atoms with E-state index >= 15 is 0 Å². The van der Waals surface area contributed by atoms with Crippen molar-refractivity contribution in [3.05, 3.63) is 41.5 Å². The monoisotopic (exact) mass is 300 g/mol. The summed E-state index contributed by atoms with van der Waals surface area (Å²) in [6.45, 7) is 2.13. The quantitative estimate of drug-likeness (QED) is 0.880. The lowest BCUT2D eigenvalue weighted by Gasteiger charge is -2.31. The molecule has 2 aliphatic heterocycles. The number of rotatable bonds is 3. The first kappa shape index (κ1) is 15.2. The van der Waals surface area contributed by atoms with Crippen LogP contribution in [0.15, 0.2) is 30.3 Å². The largest absolute Gasteiger partial charge is 0.381 e. The minimum Gasteiger partial charge on any atom is -0.381 e. The standard InChI is InChI=1S/C17H20N2O3/c18-10-13-2-1-3-14(8-13)15-9-16(20)19(17(15)21)11-12-4-6-22-7-5-12/h1-3,8-9,12,16-17,20-21H,4-7,11H2. The molecule has 2 heterocycles. The molecule has 5 heteroatoms. The van der Waals surface area contributed by atoms with Crippen molar-refractivity contribution in [2.45, 2.75) is 25.3 Å². The van der Waals surface area contributed by atoms with Crippen molar-refractivity contribution in [3.8, 4) is 6.07 Å². The third-order valence-electron chi connectivity index (χ3n) is 4.40. The second-order valence-corrected chi connectivity index (χ2v) is 5.85. The molecule has 5 nitrogen and oxygen atoms in total. The first-order valence-corrected chi connectivity index (χ1v) is 7.61. The molecule has 1 aromatic rings. The molecule has 0 saturated carbocycles. The zero-order valence-electron chi connectivity index (χ0n) is 12.4. The minimum atomic E-state index is -0.841. The second-order valence-electron chi connectivity index (χ2n) is 5.85. The molecule has 1 aromatic carbocycles. The van der Waals surface area contributed by atoms with Crippen molar-refractivity contribution in [2.24, 2.45) is 5.92 Å². The van der Waals surface area contributed by atoms with Crippen LogP contribution in [0.3, 0.4) is 0 Å². The summed E-state index contributed by atoms with van der Waals surface area (Å²) in [6, 6.07) is 9.19. The maximum absolute atomic E-state index is 10.6. The van der Waals surface area contributed by atoms with Crippen LogP contribution in [0.2, 0.25) is 0 Å². The topological polar surface area (TPSA) is 76.7 Å². The van der Waals surface area contributed by atoms with E-state index in [0.29, 0.717) is 23.6 Å². The molecule has 0 bridgehead atoms. The van der Waals surface area contributed by atoms with Gasteiger partial charge in [0.1, 0.15) is 12.5 Å². The molecule has 3 rings (SSSR count). The van der Waals surface area contributed by atoms with E-state index in [9.17, 15) is 10.2 Å². The summed E-state index contributed by atoms with van der Waals surface area (Å²) in [5.41, 5.74) is 1.99. The average molecular weight is 300 g/mol. The lowest BCUT2D eigenvalue weighted by molar-refractivity contribution is -0.0558. The van der Waals surface area contributed by atoms with E-state index in [4.69, 9.17) is 10.00 Å². The summed E-state index contributed by atoms with van der Waals surface area (Å²) >= 11 is 0. The van der Waals surface area contributed by atoms with Gasteiger partial charge >= 0.3 is 0 Å². The molecule has 2 aliphatic rings. The van der Waals surface area contributed by atoms with Gasteiger partial charge in [-0.1, -0.05) is 12.1 Å². The van der Waals surface area contributed by atoms with Crippen LogP contribution in [-0.4, -0.2) is 47.3 Å². The fraction of sp³-hybridized carbons (Fsp3) is 0.471. The van der Waals surface area contributed by atoms with E-state index < -0.39 is 12.5 Å². The fourth-order valence-corrected chi connectivity index (χ4v) is 3.11. The van der Waals surface area contributed by atoms with Gasteiger partial charge in [-0.25, -0.2) is 4.90 Å². The van der Waals surface area contributed by atoms with Crippen LogP contribution in [0.4, 0.5) is 0 Å². The minimum absolute atomic E-state index is 0.427. The van der Waals surface area contributed by atoms with Crippen LogP contribution in [0.1, 0.15) is 24.0 Å². The summed E-state index contributed by atoms with van der Waals surface area (Å²) in [5, 5.41) is 29.8. The maximum Gasteiger partial charge on any atom is 0.136 e. The number of benzene rings is 1. The van der Waals surface area contributed by atoms with E-state index in [1.54, 1.807) is 29.2 Å². The van der Waals surface area contributed by atoms with Gasteiger partial charge in [0, 0.05) is 25.3 Å². The smallest absolute Gasteiger partial charge is 0.136 e. The number of ether oxygens (including phenoxy) is 1. The van der Waals surface area contributed by atoms with Crippen molar-refractivity contribution in [1.82, 2.24) is 4.90 Å². The van der Waals surface area contributed by atoms with Gasteiger partial charge in [0.2, 0.25) is 0 Å². The van der Waals surface area contributed by atoms with Gasteiger partial charge in [0.15, 0.2) is 0 Å². The molecule has 0 aliphatic carbocycles. The van der Waals surface area contributed by atoms with Crippen molar-refractivity contribution in [2.75, 3.05) is 19.8 Å². The molecule has 0 aromatic heterocycles. The number of aliphatic hydroxyl groups is 2. The predicted molar refractivity (Wildman–Crippen MR) is 81.4 cm³/mol. The Morgan fingerprint density at radius 2 is 2.05 bits per heavy atom. The van der Waals surface area contributed by atoms with Crippen LogP contribution in [0.25, 0.3) is 5.57 Å². The molecule has 2 N–H and O–H groups in total. The lowest BCUT2D eigenvalue weighted by Crippen LogP contribution is -2.42. The highest BCUT2D eigenvalue weighted by molar-refractivity contribution is 5.71. The Kier molecular flexibility index (Phi) is 4.55. The van der Waals surface area contributed by atoms with E-state index in [1.807, 2.05) is 6.07 Å². The van der Waals surface area contributed by atoms with Gasteiger partial charge in [0.05, 0.1) is 11.6 Å². The summed E-state index contributed by atoms with van der Waals surface area (Å²) < 4.78 is 5.35. The van der Waals surface area contributed by atoms with Crippen LogP contribution >= 0.6 is 0 Å². The Bertz CT molecular complexity index is 602. The first-order valence-electron chi connectivity index (χ1n) is 7.61. The van der Waals surface area contributed by atoms with Crippen molar-refractivity contribution in [3.63, 3.8) is 0 Å². The van der Waals surface area contributed by atoms with Crippen LogP contribution in [0.5, 0.6) is 0 Å². The van der Waals surface area contributed by atoms with Gasteiger partial charge < -0.3 is 14.9 Å². The number of hydrogen-bond acceptors (Lipinski definition) is 5. The molecule has 2 unspecified atom stereocenters. The third kappa shape index (κ3) is 3.06. The van der Waals surface area contributed by atoms with E-state index in [-0.39, 0.29) is 0 Å². The average Bonchev–Trinajstić information content (AvgIpc) is 2.84. The van der Waals surface area contributed by atoms with Gasteiger partial charge in [-0.15, -0.1) is 0 Å². The third-order valence-corrected chi connectivity index (χ3v) is 4.40. The van der Waals surface area contributed by atoms with Crippen LogP contribution < -0.4 is 0 Å². The van der Waals surface area contributed by atoms with Crippen molar-refractivity contribution < 1.29 is 14.9 Å². The van der Waals surface area contributed by atoms with E-state index in [2.05, 4.69) is 6.07 Å². The molecule has 2 atom stereocenters. The molecule has 0 amide bonds. The van der Waals surface area contributed by atoms with Crippen LogP contribution in [0, 0.1) is 17.2 Å². The van der Waals surface area contributed by atoms with Crippen molar-refractivity contribution >= 4 is 5.57 Å². The zero-order chi connectivity index (χ0) is 15.5. The number of nitriles is 1. The second kappa shape index (κ2) is 6.59. The van der Waals surface area contributed by atoms with Crippen molar-refractivity contribution in [1.29, 1.82) is 5.26 Å². The van der Waals surface area contributed by atoms with Gasteiger partial charge in [-0.3, -0.25) is 0 Å². The van der Waals surface area contributed by atoms with Gasteiger partial charge in [-0.2, -0.15) is 5.26 Å². The highest BCUT2D eigenvalue weighted by Crippen LogP contribution is 2.31. The lowest BCUT2D eigenvalue weighted by atomic mass is 9.99. The first-order chi connectivity index (χ1) is 10.7. The van der Waals surface area contributed by atoms with Gasteiger partial charge in [0.25, 0.3) is 0 Å². The number of nitrogens with zero attached hydrogens (tertiary/aromatic N) is 2. The molecule has 22 heavy (non-hydrogen) atoms. The SMILES string of the molecule is N#Cc1cccc(C2=CC(O)N(CC3CCOCC3)C2O)c1. The Morgan fingerprint density at radius 1 is 1.27 bits per heavy atom. The number of aliphatic hydroxyl groups excluding tert-OH is 2. The van der Waals surface area contributed by atoms with Gasteiger partial charge in [-0.05, 0) is 42.5 Å².